The van der Waals surface area contributed by atoms with Gasteiger partial charge in [0, 0.05) is 12.4 Å². The molecule has 2 heterocycles. The smallest absolute Gasteiger partial charge is 0.107 e. The van der Waals surface area contributed by atoms with Crippen molar-refractivity contribution in [3.05, 3.63) is 52.4 Å². The molecule has 0 saturated heterocycles. The second-order valence-corrected chi connectivity index (χ2v) is 9.51. The maximum Gasteiger partial charge on any atom is 0.107 e. The van der Waals surface area contributed by atoms with Crippen LogP contribution < -0.4 is 0 Å². The van der Waals surface area contributed by atoms with Crippen LogP contribution in [0.3, 0.4) is 0 Å². The summed E-state index contributed by atoms with van der Waals surface area (Å²) in [5, 5.41) is 1.09. The molecular formula is C16H26N2S6. The summed E-state index contributed by atoms with van der Waals surface area (Å²) in [6, 6.07) is 8.00. The fourth-order valence-electron chi connectivity index (χ4n) is 1.19. The molecule has 2 aromatic heterocycles. The Bertz CT molecular complexity index is 572. The summed E-state index contributed by atoms with van der Waals surface area (Å²) in [4.78, 5) is 7.06. The van der Waals surface area contributed by atoms with E-state index >= 15 is 0 Å². The Hall–Kier alpha value is 0.270. The molecule has 1 N–H and O–H groups in total. The molecule has 0 bridgehead atoms. The Morgan fingerprint density at radius 2 is 1.54 bits per heavy atom. The van der Waals surface area contributed by atoms with E-state index in [2.05, 4.69) is 54.4 Å². The first-order valence-corrected chi connectivity index (χ1v) is 13.7. The van der Waals surface area contributed by atoms with Crippen molar-refractivity contribution in [1.29, 1.82) is 0 Å². The minimum atomic E-state index is 0.796. The fraction of sp³-hybridized carbons (Fsp3) is 0.375. The quantitative estimate of drug-likeness (QED) is 0.305. The van der Waals surface area contributed by atoms with Gasteiger partial charge >= 0.3 is 0 Å². The second-order valence-electron chi connectivity index (χ2n) is 3.99. The van der Waals surface area contributed by atoms with E-state index in [0.717, 1.165) is 9.67 Å². The number of hydrogen-bond acceptors (Lipinski definition) is 7. The SMILES string of the molecule is CS.CSSC.CSSc1cc(C)ccn1.Cc1cc[nH]c(=S)c1. The Kier molecular flexibility index (Phi) is 21.6. The maximum atomic E-state index is 4.84. The molecule has 0 aliphatic rings. The number of nitrogens with zero attached hydrogens (tertiary/aromatic N) is 1. The molecule has 0 radical (unpaired) electrons. The highest BCUT2D eigenvalue weighted by Gasteiger charge is 1.91. The number of rotatable bonds is 3. The topological polar surface area (TPSA) is 28.7 Å². The van der Waals surface area contributed by atoms with Gasteiger partial charge in [0.25, 0.3) is 0 Å². The van der Waals surface area contributed by atoms with Crippen molar-refractivity contribution in [2.45, 2.75) is 18.9 Å². The summed E-state index contributed by atoms with van der Waals surface area (Å²) in [6.45, 7) is 4.09. The third kappa shape index (κ3) is 17.1. The van der Waals surface area contributed by atoms with Crippen molar-refractivity contribution in [3.8, 4) is 0 Å². The Balaban J connectivity index is 0. The van der Waals surface area contributed by atoms with Crippen LogP contribution in [0.4, 0.5) is 0 Å². The summed E-state index contributed by atoms with van der Waals surface area (Å²) in [6.07, 6.45) is 11.6. The molecule has 0 atom stereocenters. The zero-order valence-electron chi connectivity index (χ0n) is 14.9. The molecular weight excluding hydrogens is 413 g/mol. The molecule has 8 heteroatoms. The van der Waals surface area contributed by atoms with Gasteiger partial charge in [-0.2, -0.15) is 12.6 Å². The minimum absolute atomic E-state index is 0.796. The van der Waals surface area contributed by atoms with Crippen LogP contribution in [0.1, 0.15) is 11.1 Å². The average molecular weight is 439 g/mol. The highest BCUT2D eigenvalue weighted by atomic mass is 33.1. The minimum Gasteiger partial charge on any atom is -0.353 e. The molecule has 0 aliphatic heterocycles. The number of hydrogen-bond donors (Lipinski definition) is 2. The zero-order chi connectivity index (χ0) is 18.8. The molecule has 0 aliphatic carbocycles. The molecule has 0 saturated carbocycles. The lowest BCUT2D eigenvalue weighted by Crippen LogP contribution is -1.77. The molecule has 0 aromatic carbocycles. The number of H-pyrrole nitrogens is 1. The number of thiol groups is 1. The predicted molar refractivity (Wildman–Crippen MR) is 127 cm³/mol. The van der Waals surface area contributed by atoms with Crippen LogP contribution in [-0.4, -0.2) is 35.0 Å². The van der Waals surface area contributed by atoms with Crippen LogP contribution in [0.25, 0.3) is 0 Å². The number of aromatic amines is 1. The highest BCUT2D eigenvalue weighted by Crippen LogP contribution is 2.26. The third-order valence-corrected chi connectivity index (χ3v) is 5.30. The Morgan fingerprint density at radius 3 is 1.92 bits per heavy atom. The lowest BCUT2D eigenvalue weighted by Gasteiger charge is -1.95. The average Bonchev–Trinajstić information content (AvgIpc) is 2.58. The van der Waals surface area contributed by atoms with Crippen LogP contribution in [0.2, 0.25) is 0 Å². The van der Waals surface area contributed by atoms with Crippen molar-refractivity contribution < 1.29 is 0 Å². The zero-order valence-corrected chi connectivity index (χ0v) is 19.9. The molecule has 0 unspecified atom stereocenters. The first-order valence-electron chi connectivity index (χ1n) is 6.83. The van der Waals surface area contributed by atoms with E-state index in [1.807, 2.05) is 37.5 Å². The van der Waals surface area contributed by atoms with Crippen molar-refractivity contribution >= 4 is 68.0 Å². The fourth-order valence-corrected chi connectivity index (χ4v) is 2.74. The Morgan fingerprint density at radius 1 is 0.958 bits per heavy atom. The standard InChI is InChI=1S/C7H9NS2.C6H7NS.C2H6S2.CH4S/c1-6-3-4-8-7(5-6)10-9-2;1-5-2-3-7-6(8)4-5;1-3-4-2;1-2/h3-5H,1-2H3;2-4H,1H3,(H,7,8);1-2H3;2H,1H3. The van der Waals surface area contributed by atoms with Gasteiger partial charge in [-0.15, -0.1) is 0 Å². The second kappa shape index (κ2) is 19.6. The van der Waals surface area contributed by atoms with E-state index in [9.17, 15) is 0 Å². The summed E-state index contributed by atoms with van der Waals surface area (Å²) in [5.41, 5.74) is 2.47. The van der Waals surface area contributed by atoms with Crippen LogP contribution in [0, 0.1) is 18.5 Å². The third-order valence-electron chi connectivity index (χ3n) is 2.16. The van der Waals surface area contributed by atoms with Crippen molar-refractivity contribution in [3.63, 3.8) is 0 Å². The van der Waals surface area contributed by atoms with Crippen molar-refractivity contribution in [2.24, 2.45) is 0 Å². The molecule has 2 rings (SSSR count). The highest BCUT2D eigenvalue weighted by molar-refractivity contribution is 8.76. The van der Waals surface area contributed by atoms with Crippen LogP contribution in [-0.2, 0) is 0 Å². The van der Waals surface area contributed by atoms with Gasteiger partial charge in [-0.3, -0.25) is 0 Å². The first kappa shape index (κ1) is 26.5. The van der Waals surface area contributed by atoms with Gasteiger partial charge in [0.15, 0.2) is 0 Å². The summed E-state index contributed by atoms with van der Waals surface area (Å²) in [7, 11) is 6.96. The van der Waals surface area contributed by atoms with E-state index in [1.165, 1.54) is 11.1 Å². The number of aromatic nitrogens is 2. The largest absolute Gasteiger partial charge is 0.353 e. The van der Waals surface area contributed by atoms with Crippen LogP contribution in [0.15, 0.2) is 41.7 Å². The normalized spacial score (nSPS) is 8.62. The lowest BCUT2D eigenvalue weighted by atomic mass is 10.3. The summed E-state index contributed by atoms with van der Waals surface area (Å²) < 4.78 is 0.796. The molecule has 0 amide bonds. The van der Waals surface area contributed by atoms with Crippen LogP contribution in [0.5, 0.6) is 0 Å². The monoisotopic (exact) mass is 438 g/mol. The number of aryl methyl sites for hydroxylation is 2. The first-order chi connectivity index (χ1) is 11.5. The van der Waals surface area contributed by atoms with Gasteiger partial charge in [-0.1, -0.05) is 44.6 Å². The molecule has 24 heavy (non-hydrogen) atoms. The van der Waals surface area contributed by atoms with Gasteiger partial charge in [0.05, 0.1) is 0 Å². The predicted octanol–water partition coefficient (Wildman–Crippen LogP) is 6.99. The van der Waals surface area contributed by atoms with E-state index < -0.39 is 0 Å². The molecule has 2 aromatic rings. The maximum absolute atomic E-state index is 4.84. The van der Waals surface area contributed by atoms with Gasteiger partial charge in [0.2, 0.25) is 0 Å². The van der Waals surface area contributed by atoms with Crippen molar-refractivity contribution in [2.75, 3.05) is 25.0 Å². The molecule has 0 spiro atoms. The van der Waals surface area contributed by atoms with Gasteiger partial charge < -0.3 is 4.98 Å². The van der Waals surface area contributed by atoms with Gasteiger partial charge in [-0.05, 0) is 85.1 Å². The van der Waals surface area contributed by atoms with E-state index in [4.69, 9.17) is 12.2 Å². The van der Waals surface area contributed by atoms with E-state index in [1.54, 1.807) is 49.4 Å². The molecule has 136 valence electrons. The van der Waals surface area contributed by atoms with Gasteiger partial charge in [0.1, 0.15) is 9.67 Å². The molecule has 0 fully saturated rings. The number of nitrogens with one attached hydrogen (secondary N) is 1. The van der Waals surface area contributed by atoms with Crippen LogP contribution >= 0.6 is 68.0 Å². The summed E-state index contributed by atoms with van der Waals surface area (Å²) in [5.74, 6) is 0. The van der Waals surface area contributed by atoms with Crippen molar-refractivity contribution in [1.82, 2.24) is 9.97 Å². The van der Waals surface area contributed by atoms with E-state index in [0.29, 0.717) is 0 Å². The Labute approximate surface area is 173 Å². The number of pyridine rings is 2. The van der Waals surface area contributed by atoms with Gasteiger partial charge in [-0.25, -0.2) is 4.98 Å². The van der Waals surface area contributed by atoms with E-state index in [-0.39, 0.29) is 0 Å². The molecule has 2 nitrogen and oxygen atoms in total. The summed E-state index contributed by atoms with van der Waals surface area (Å²) >= 11 is 8.37. The lowest BCUT2D eigenvalue weighted by molar-refractivity contribution is 1.12.